The number of rotatable bonds is 7. The molecule has 2 rings (SSSR count). The lowest BCUT2D eigenvalue weighted by Crippen LogP contribution is -2.18. The number of nitrogens with zero attached hydrogens (tertiary/aromatic N) is 1. The molecular formula is C18H20N2O5. The molecule has 0 aliphatic rings. The van der Waals surface area contributed by atoms with Crippen LogP contribution >= 0.6 is 0 Å². The zero-order valence-electron chi connectivity index (χ0n) is 14.5. The van der Waals surface area contributed by atoms with Crippen molar-refractivity contribution in [1.29, 1.82) is 0 Å². The van der Waals surface area contributed by atoms with Crippen molar-refractivity contribution in [2.45, 2.75) is 0 Å². The molecule has 0 saturated carbocycles. The molecule has 25 heavy (non-hydrogen) atoms. The van der Waals surface area contributed by atoms with Crippen molar-refractivity contribution in [3.05, 3.63) is 47.5 Å². The molecule has 7 heteroatoms. The van der Waals surface area contributed by atoms with Crippen LogP contribution in [0.3, 0.4) is 0 Å². The third-order valence-electron chi connectivity index (χ3n) is 3.40. The van der Waals surface area contributed by atoms with Crippen molar-refractivity contribution in [3.8, 4) is 23.0 Å². The van der Waals surface area contributed by atoms with Crippen LogP contribution in [0, 0.1) is 0 Å². The smallest absolute Gasteiger partial charge is 0.271 e. The van der Waals surface area contributed by atoms with E-state index in [1.165, 1.54) is 27.5 Å². The van der Waals surface area contributed by atoms with E-state index in [4.69, 9.17) is 18.9 Å². The molecule has 0 fully saturated rings. The third kappa shape index (κ3) is 4.41. The Bertz CT molecular complexity index is 749. The number of methoxy groups -OCH3 is 4. The summed E-state index contributed by atoms with van der Waals surface area (Å²) in [5.74, 6) is 1.51. The maximum absolute atomic E-state index is 12.3. The first-order chi connectivity index (χ1) is 12.1. The van der Waals surface area contributed by atoms with Crippen LogP contribution in [0.1, 0.15) is 15.9 Å². The maximum Gasteiger partial charge on any atom is 0.271 e. The number of hydrazone groups is 1. The van der Waals surface area contributed by atoms with Crippen LogP contribution in [0.15, 0.2) is 41.5 Å². The van der Waals surface area contributed by atoms with E-state index in [9.17, 15) is 4.79 Å². The number of amides is 1. The fraction of sp³-hybridized carbons (Fsp3) is 0.222. The lowest BCUT2D eigenvalue weighted by molar-refractivity contribution is 0.0954. The average molecular weight is 344 g/mol. The molecule has 0 radical (unpaired) electrons. The first-order valence-electron chi connectivity index (χ1n) is 7.40. The van der Waals surface area contributed by atoms with E-state index in [2.05, 4.69) is 10.5 Å². The molecule has 7 nitrogen and oxygen atoms in total. The summed E-state index contributed by atoms with van der Waals surface area (Å²) in [4.78, 5) is 12.3. The average Bonchev–Trinajstić information content (AvgIpc) is 2.66. The molecule has 0 bridgehead atoms. The molecule has 2 aromatic carbocycles. The summed E-state index contributed by atoms with van der Waals surface area (Å²) in [6, 6.07) is 10.4. The fourth-order valence-corrected chi connectivity index (χ4v) is 2.16. The second-order valence-corrected chi connectivity index (χ2v) is 4.89. The van der Waals surface area contributed by atoms with Gasteiger partial charge in [0.05, 0.1) is 34.7 Å². The van der Waals surface area contributed by atoms with Crippen LogP contribution in [0.4, 0.5) is 0 Å². The van der Waals surface area contributed by atoms with Gasteiger partial charge in [0.25, 0.3) is 5.91 Å². The Labute approximate surface area is 146 Å². The number of benzene rings is 2. The molecule has 0 aromatic heterocycles. The van der Waals surface area contributed by atoms with Gasteiger partial charge in [-0.15, -0.1) is 0 Å². The first kappa shape index (κ1) is 18.1. The number of carbonyl (C=O) groups is 1. The van der Waals surface area contributed by atoms with Gasteiger partial charge in [0.15, 0.2) is 11.5 Å². The van der Waals surface area contributed by atoms with Gasteiger partial charge in [-0.25, -0.2) is 5.43 Å². The Kier molecular flexibility index (Phi) is 6.22. The molecule has 0 spiro atoms. The van der Waals surface area contributed by atoms with Crippen molar-refractivity contribution in [2.75, 3.05) is 28.4 Å². The molecule has 2 aromatic rings. The molecule has 132 valence electrons. The van der Waals surface area contributed by atoms with Crippen LogP contribution in [0.5, 0.6) is 23.0 Å². The summed E-state index contributed by atoms with van der Waals surface area (Å²) in [5.41, 5.74) is 3.59. The van der Waals surface area contributed by atoms with Crippen LogP contribution in [0.2, 0.25) is 0 Å². The Morgan fingerprint density at radius 1 is 0.960 bits per heavy atom. The van der Waals surface area contributed by atoms with Gasteiger partial charge in [-0.3, -0.25) is 4.79 Å². The summed E-state index contributed by atoms with van der Waals surface area (Å²) in [5, 5.41) is 3.95. The normalized spacial score (nSPS) is 10.4. The quantitative estimate of drug-likeness (QED) is 0.617. The number of carbonyl (C=O) groups excluding carboxylic acids is 1. The van der Waals surface area contributed by atoms with Crippen molar-refractivity contribution >= 4 is 12.1 Å². The zero-order chi connectivity index (χ0) is 18.2. The summed E-state index contributed by atoms with van der Waals surface area (Å²) in [7, 11) is 6.06. The molecule has 0 aliphatic heterocycles. The summed E-state index contributed by atoms with van der Waals surface area (Å²) < 4.78 is 20.8. The van der Waals surface area contributed by atoms with E-state index in [0.717, 1.165) is 5.56 Å². The number of ether oxygens (including phenoxy) is 4. The van der Waals surface area contributed by atoms with E-state index in [1.807, 2.05) is 18.2 Å². The van der Waals surface area contributed by atoms with Gasteiger partial charge in [-0.05, 0) is 29.8 Å². The lowest BCUT2D eigenvalue weighted by atomic mass is 10.1. The molecule has 1 amide bonds. The van der Waals surface area contributed by atoms with Gasteiger partial charge in [0, 0.05) is 5.56 Å². The van der Waals surface area contributed by atoms with Gasteiger partial charge >= 0.3 is 0 Å². The predicted octanol–water partition coefficient (Wildman–Crippen LogP) is 2.48. The predicted molar refractivity (Wildman–Crippen MR) is 94.2 cm³/mol. The molecule has 0 aliphatic carbocycles. The second-order valence-electron chi connectivity index (χ2n) is 4.89. The highest BCUT2D eigenvalue weighted by molar-refractivity contribution is 5.96. The van der Waals surface area contributed by atoms with Crippen LogP contribution in [-0.2, 0) is 0 Å². The van der Waals surface area contributed by atoms with Crippen LogP contribution in [0.25, 0.3) is 0 Å². The van der Waals surface area contributed by atoms with E-state index in [0.29, 0.717) is 28.6 Å². The van der Waals surface area contributed by atoms with Crippen LogP contribution in [-0.4, -0.2) is 40.6 Å². The molecule has 0 unspecified atom stereocenters. The largest absolute Gasteiger partial charge is 0.497 e. The molecule has 0 heterocycles. The van der Waals surface area contributed by atoms with E-state index < -0.39 is 5.91 Å². The Morgan fingerprint density at radius 3 is 2.20 bits per heavy atom. The van der Waals surface area contributed by atoms with Gasteiger partial charge in [-0.1, -0.05) is 12.1 Å². The summed E-state index contributed by atoms with van der Waals surface area (Å²) in [6.07, 6.45) is 1.53. The van der Waals surface area contributed by atoms with E-state index >= 15 is 0 Å². The van der Waals surface area contributed by atoms with Gasteiger partial charge in [0.2, 0.25) is 5.75 Å². The third-order valence-corrected chi connectivity index (χ3v) is 3.40. The zero-order valence-corrected chi connectivity index (χ0v) is 14.5. The Morgan fingerprint density at radius 2 is 1.64 bits per heavy atom. The Balaban J connectivity index is 2.16. The highest BCUT2D eigenvalue weighted by Crippen LogP contribution is 2.38. The minimum atomic E-state index is -0.404. The Hall–Kier alpha value is -3.22. The molecule has 0 saturated heterocycles. The topological polar surface area (TPSA) is 78.4 Å². The first-order valence-corrected chi connectivity index (χ1v) is 7.40. The van der Waals surface area contributed by atoms with Crippen LogP contribution < -0.4 is 24.4 Å². The summed E-state index contributed by atoms with van der Waals surface area (Å²) in [6.45, 7) is 0. The highest BCUT2D eigenvalue weighted by Gasteiger charge is 2.16. The minimum Gasteiger partial charge on any atom is -0.497 e. The summed E-state index contributed by atoms with van der Waals surface area (Å²) >= 11 is 0. The number of nitrogens with one attached hydrogen (secondary N) is 1. The van der Waals surface area contributed by atoms with Crippen molar-refractivity contribution < 1.29 is 23.7 Å². The van der Waals surface area contributed by atoms with Gasteiger partial charge < -0.3 is 18.9 Å². The highest BCUT2D eigenvalue weighted by atomic mass is 16.5. The maximum atomic E-state index is 12.3. The second kappa shape index (κ2) is 8.58. The monoisotopic (exact) mass is 344 g/mol. The SMILES string of the molecule is COc1cccc(/C=N/NC(=O)c2cc(OC)c(OC)c(OC)c2)c1. The minimum absolute atomic E-state index is 0.331. The van der Waals surface area contributed by atoms with Gasteiger partial charge in [0.1, 0.15) is 5.75 Å². The van der Waals surface area contributed by atoms with Crippen molar-refractivity contribution in [1.82, 2.24) is 5.43 Å². The molecule has 0 atom stereocenters. The number of hydrogen-bond acceptors (Lipinski definition) is 6. The molecule has 1 N–H and O–H groups in total. The lowest BCUT2D eigenvalue weighted by Gasteiger charge is -2.13. The van der Waals surface area contributed by atoms with Crippen molar-refractivity contribution in [2.24, 2.45) is 5.10 Å². The standard InChI is InChI=1S/C18H20N2O5/c1-22-14-7-5-6-12(8-14)11-19-20-18(21)13-9-15(23-2)17(25-4)16(10-13)24-3/h5-11H,1-4H3,(H,20,21)/b19-11+. The van der Waals surface area contributed by atoms with E-state index in [-0.39, 0.29) is 0 Å². The fourth-order valence-electron chi connectivity index (χ4n) is 2.16. The molecular weight excluding hydrogens is 324 g/mol. The van der Waals surface area contributed by atoms with Gasteiger partial charge in [-0.2, -0.15) is 5.10 Å². The number of hydrogen-bond donors (Lipinski definition) is 1. The van der Waals surface area contributed by atoms with E-state index in [1.54, 1.807) is 25.3 Å². The van der Waals surface area contributed by atoms with Crippen molar-refractivity contribution in [3.63, 3.8) is 0 Å².